The minimum atomic E-state index is -3.03. The van der Waals surface area contributed by atoms with Crippen LogP contribution in [-0.4, -0.2) is 37.2 Å². The molecule has 5 heteroatoms. The zero-order valence-electron chi connectivity index (χ0n) is 7.10. The third kappa shape index (κ3) is 1.97. The van der Waals surface area contributed by atoms with Crippen LogP contribution < -0.4 is 5.73 Å². The quantitative estimate of drug-likeness (QED) is 0.597. The fraction of sp³-hybridized carbons (Fsp3) is 1.00. The van der Waals surface area contributed by atoms with E-state index in [0.717, 1.165) is 0 Å². The van der Waals surface area contributed by atoms with Crippen LogP contribution in [0.4, 0.5) is 0 Å². The van der Waals surface area contributed by atoms with Gasteiger partial charge < -0.3 is 10.8 Å². The molecule has 0 aromatic carbocycles. The lowest BCUT2D eigenvalue weighted by Crippen LogP contribution is -2.36. The highest BCUT2D eigenvalue weighted by Crippen LogP contribution is 2.22. The molecule has 72 valence electrons. The van der Waals surface area contributed by atoms with Gasteiger partial charge in [-0.2, -0.15) is 0 Å². The van der Waals surface area contributed by atoms with E-state index in [1.807, 2.05) is 6.92 Å². The van der Waals surface area contributed by atoms with Crippen molar-refractivity contribution in [2.24, 2.45) is 11.7 Å². The van der Waals surface area contributed by atoms with Gasteiger partial charge in [0.05, 0.1) is 17.6 Å². The molecule has 1 aliphatic rings. The summed E-state index contributed by atoms with van der Waals surface area (Å²) >= 11 is 0. The van der Waals surface area contributed by atoms with E-state index in [4.69, 9.17) is 5.73 Å². The number of nitrogens with two attached hydrogens (primary N) is 1. The Morgan fingerprint density at radius 3 is 2.50 bits per heavy atom. The Balaban J connectivity index is 2.70. The predicted molar refractivity (Wildman–Crippen MR) is 46.4 cm³/mol. The van der Waals surface area contributed by atoms with Gasteiger partial charge in [0.15, 0.2) is 9.84 Å². The van der Waals surface area contributed by atoms with Gasteiger partial charge >= 0.3 is 0 Å². The van der Waals surface area contributed by atoms with Crippen molar-refractivity contribution < 1.29 is 13.5 Å². The van der Waals surface area contributed by atoms with Crippen LogP contribution in [-0.2, 0) is 9.84 Å². The van der Waals surface area contributed by atoms with Crippen LogP contribution in [0.5, 0.6) is 0 Å². The summed E-state index contributed by atoms with van der Waals surface area (Å²) in [6, 6.07) is -0.197. The maximum absolute atomic E-state index is 11.1. The van der Waals surface area contributed by atoms with Gasteiger partial charge in [-0.3, -0.25) is 0 Å². The molecule has 12 heavy (non-hydrogen) atoms. The largest absolute Gasteiger partial charge is 0.392 e. The molecule has 0 saturated carbocycles. The maximum atomic E-state index is 11.1. The molecule has 0 aromatic rings. The highest BCUT2D eigenvalue weighted by Gasteiger charge is 2.38. The summed E-state index contributed by atoms with van der Waals surface area (Å²) in [5.74, 6) is -0.339. The fourth-order valence-corrected chi connectivity index (χ4v) is 3.53. The first-order valence-corrected chi connectivity index (χ1v) is 5.92. The van der Waals surface area contributed by atoms with Gasteiger partial charge in [0, 0.05) is 12.0 Å². The Morgan fingerprint density at radius 2 is 2.17 bits per heavy atom. The standard InChI is InChI=1S/C7H15NO3S/c1-2-6(8)5-3-12(10,11)4-7(5)9/h5-7,9H,2-4,8H2,1H3. The fourth-order valence-electron chi connectivity index (χ4n) is 1.57. The van der Waals surface area contributed by atoms with E-state index < -0.39 is 15.9 Å². The molecule has 1 saturated heterocycles. The van der Waals surface area contributed by atoms with Crippen molar-refractivity contribution >= 4 is 9.84 Å². The number of aliphatic hydroxyl groups is 1. The third-order valence-electron chi connectivity index (χ3n) is 2.39. The SMILES string of the molecule is CCC(N)C1CS(=O)(=O)CC1O. The zero-order chi connectivity index (χ0) is 9.35. The first-order chi connectivity index (χ1) is 5.46. The van der Waals surface area contributed by atoms with Crippen molar-refractivity contribution in [2.75, 3.05) is 11.5 Å². The van der Waals surface area contributed by atoms with Gasteiger partial charge in [0.2, 0.25) is 0 Å². The first kappa shape index (κ1) is 9.95. The van der Waals surface area contributed by atoms with E-state index in [0.29, 0.717) is 6.42 Å². The molecule has 0 aromatic heterocycles. The van der Waals surface area contributed by atoms with Gasteiger partial charge in [0.25, 0.3) is 0 Å². The van der Waals surface area contributed by atoms with Gasteiger partial charge in [-0.25, -0.2) is 8.42 Å². The van der Waals surface area contributed by atoms with Crippen LogP contribution in [0.3, 0.4) is 0 Å². The zero-order valence-corrected chi connectivity index (χ0v) is 7.92. The topological polar surface area (TPSA) is 80.4 Å². The van der Waals surface area contributed by atoms with Crippen LogP contribution in [0.25, 0.3) is 0 Å². The molecule has 1 fully saturated rings. The van der Waals surface area contributed by atoms with E-state index in [9.17, 15) is 13.5 Å². The van der Waals surface area contributed by atoms with Crippen molar-refractivity contribution in [3.8, 4) is 0 Å². The second kappa shape index (κ2) is 3.32. The third-order valence-corrected chi connectivity index (χ3v) is 4.13. The Bertz CT molecular complexity index is 249. The molecule has 3 unspecified atom stereocenters. The molecule has 0 amide bonds. The molecule has 1 rings (SSSR count). The van der Waals surface area contributed by atoms with E-state index in [1.165, 1.54) is 0 Å². The number of hydrogen-bond donors (Lipinski definition) is 2. The summed E-state index contributed by atoms with van der Waals surface area (Å²) < 4.78 is 22.1. The Hall–Kier alpha value is -0.130. The van der Waals surface area contributed by atoms with Gasteiger partial charge in [0.1, 0.15) is 0 Å². The van der Waals surface area contributed by atoms with E-state index in [1.54, 1.807) is 0 Å². The minimum Gasteiger partial charge on any atom is -0.392 e. The molecule has 3 N–H and O–H groups in total. The normalized spacial score (nSPS) is 36.6. The molecule has 0 radical (unpaired) electrons. The Kier molecular flexibility index (Phi) is 2.75. The van der Waals surface area contributed by atoms with Crippen LogP contribution in [0.15, 0.2) is 0 Å². The summed E-state index contributed by atoms with van der Waals surface area (Å²) in [4.78, 5) is 0. The Morgan fingerprint density at radius 1 is 1.58 bits per heavy atom. The molecule has 0 bridgehead atoms. The van der Waals surface area contributed by atoms with E-state index in [-0.39, 0.29) is 23.5 Å². The smallest absolute Gasteiger partial charge is 0.153 e. The summed E-state index contributed by atoms with van der Waals surface area (Å²) in [5.41, 5.74) is 5.67. The highest BCUT2D eigenvalue weighted by molar-refractivity contribution is 7.91. The lowest BCUT2D eigenvalue weighted by atomic mass is 9.96. The second-order valence-corrected chi connectivity index (χ2v) is 5.53. The van der Waals surface area contributed by atoms with E-state index in [2.05, 4.69) is 0 Å². The van der Waals surface area contributed by atoms with Crippen molar-refractivity contribution in [2.45, 2.75) is 25.5 Å². The van der Waals surface area contributed by atoms with Crippen LogP contribution >= 0.6 is 0 Å². The van der Waals surface area contributed by atoms with Gasteiger partial charge in [-0.1, -0.05) is 6.92 Å². The summed E-state index contributed by atoms with van der Waals surface area (Å²) in [6.45, 7) is 1.89. The molecule has 4 nitrogen and oxygen atoms in total. The summed E-state index contributed by atoms with van der Waals surface area (Å²) in [5, 5.41) is 9.37. The van der Waals surface area contributed by atoms with Crippen molar-refractivity contribution in [1.82, 2.24) is 0 Å². The molecular weight excluding hydrogens is 178 g/mol. The number of sulfone groups is 1. The van der Waals surface area contributed by atoms with Crippen LogP contribution in [0, 0.1) is 5.92 Å². The Labute approximate surface area is 72.7 Å². The first-order valence-electron chi connectivity index (χ1n) is 4.10. The van der Waals surface area contributed by atoms with Crippen molar-refractivity contribution in [1.29, 1.82) is 0 Å². The van der Waals surface area contributed by atoms with Crippen molar-refractivity contribution in [3.63, 3.8) is 0 Å². The van der Waals surface area contributed by atoms with Gasteiger partial charge in [-0.05, 0) is 6.42 Å². The highest BCUT2D eigenvalue weighted by atomic mass is 32.2. The lowest BCUT2D eigenvalue weighted by Gasteiger charge is -2.18. The minimum absolute atomic E-state index is 0.0448. The number of hydrogen-bond acceptors (Lipinski definition) is 4. The maximum Gasteiger partial charge on any atom is 0.153 e. The van der Waals surface area contributed by atoms with E-state index >= 15 is 0 Å². The molecule has 1 heterocycles. The second-order valence-electron chi connectivity index (χ2n) is 3.38. The molecule has 3 atom stereocenters. The summed E-state index contributed by atoms with van der Waals surface area (Å²) in [7, 11) is -3.03. The molecule has 0 aliphatic carbocycles. The predicted octanol–water partition coefficient (Wildman–Crippen LogP) is -0.871. The molecular formula is C7H15NO3S. The average molecular weight is 193 g/mol. The van der Waals surface area contributed by atoms with Crippen LogP contribution in [0.1, 0.15) is 13.3 Å². The van der Waals surface area contributed by atoms with Gasteiger partial charge in [-0.15, -0.1) is 0 Å². The average Bonchev–Trinajstić information content (AvgIpc) is 2.23. The molecule has 0 spiro atoms. The number of aliphatic hydroxyl groups excluding tert-OH is 1. The lowest BCUT2D eigenvalue weighted by molar-refractivity contribution is 0.133. The monoisotopic (exact) mass is 193 g/mol. The van der Waals surface area contributed by atoms with Crippen molar-refractivity contribution in [3.05, 3.63) is 0 Å². The molecule has 1 aliphatic heterocycles. The van der Waals surface area contributed by atoms with Crippen LogP contribution in [0.2, 0.25) is 0 Å². The summed E-state index contributed by atoms with van der Waals surface area (Å²) in [6.07, 6.45) is -0.0537. The number of rotatable bonds is 2.